The number of carbonyl (C=O) groups is 1. The molecule has 13 heavy (non-hydrogen) atoms. The molecular weight excluding hydrogens is 168 g/mol. The number of nitroso groups, excluding NO2 is 1. The normalized spacial score (nSPS) is 10.2. The number of carbonyl (C=O) groups excluding carboxylic acids is 1. The maximum absolute atomic E-state index is 11.0. The van der Waals surface area contributed by atoms with Gasteiger partial charge in [-0.05, 0) is 12.1 Å². The van der Waals surface area contributed by atoms with Crippen LogP contribution < -0.4 is 0 Å². The van der Waals surface area contributed by atoms with Crippen molar-refractivity contribution in [3.05, 3.63) is 41.4 Å². The molecule has 0 radical (unpaired) electrons. The fourth-order valence-electron chi connectivity index (χ4n) is 1.29. The molecule has 4 heteroatoms. The second-order valence-corrected chi connectivity index (χ2v) is 2.62. The van der Waals surface area contributed by atoms with Crippen molar-refractivity contribution in [2.45, 2.75) is 0 Å². The summed E-state index contributed by atoms with van der Waals surface area (Å²) in [5, 5.41) is 3.27. The zero-order valence-corrected chi connectivity index (χ0v) is 6.68. The summed E-state index contributed by atoms with van der Waals surface area (Å²) in [6.45, 7) is 0. The largest absolute Gasteiger partial charge is 0.389 e. The van der Waals surface area contributed by atoms with Crippen molar-refractivity contribution in [3.63, 3.8) is 0 Å². The van der Waals surface area contributed by atoms with Gasteiger partial charge in [0, 0.05) is 16.8 Å². The van der Waals surface area contributed by atoms with E-state index in [-0.39, 0.29) is 0 Å². The van der Waals surface area contributed by atoms with Gasteiger partial charge in [0.2, 0.25) is 0 Å². The number of para-hydroxylation sites is 1. The van der Waals surface area contributed by atoms with Gasteiger partial charge in [-0.15, -0.1) is 4.91 Å². The lowest BCUT2D eigenvalue weighted by Crippen LogP contribution is -2.02. The van der Waals surface area contributed by atoms with E-state index in [1.165, 1.54) is 10.8 Å². The molecule has 0 bridgehead atoms. The van der Waals surface area contributed by atoms with E-state index >= 15 is 0 Å². The van der Waals surface area contributed by atoms with Crippen molar-refractivity contribution < 1.29 is 4.79 Å². The fraction of sp³-hybridized carbons (Fsp3) is 0. The number of aromatic nitrogens is 1. The summed E-state index contributed by atoms with van der Waals surface area (Å²) < 4.78 is 1.22. The van der Waals surface area contributed by atoms with Crippen LogP contribution >= 0.6 is 0 Å². The zero-order chi connectivity index (χ0) is 9.26. The van der Waals surface area contributed by atoms with Crippen LogP contribution in [0.1, 0.15) is 0 Å². The van der Waals surface area contributed by atoms with E-state index in [9.17, 15) is 9.70 Å². The van der Waals surface area contributed by atoms with Crippen LogP contribution in [0.4, 0.5) is 4.79 Å². The van der Waals surface area contributed by atoms with E-state index in [1.54, 1.807) is 18.2 Å². The summed E-state index contributed by atoms with van der Waals surface area (Å²) in [6.07, 6.45) is 1.54. The number of benzene rings is 1. The molecule has 0 aliphatic rings. The van der Waals surface area contributed by atoms with Gasteiger partial charge in [0.25, 0.3) is 0 Å². The van der Waals surface area contributed by atoms with Gasteiger partial charge >= 0.3 is 6.03 Å². The molecule has 0 aliphatic carbocycles. The lowest BCUT2D eigenvalue weighted by Gasteiger charge is -1.94. The van der Waals surface area contributed by atoms with Crippen molar-refractivity contribution >= 4 is 16.9 Å². The first kappa shape index (κ1) is 7.67. The summed E-state index contributed by atoms with van der Waals surface area (Å²) in [5.74, 6) is 0. The molecular formula is C9H6N2O2. The van der Waals surface area contributed by atoms with Crippen molar-refractivity contribution in [2.24, 2.45) is 5.18 Å². The predicted octanol–water partition coefficient (Wildman–Crippen LogP) is 2.38. The molecule has 0 N–H and O–H groups in total. The van der Waals surface area contributed by atoms with Gasteiger partial charge in [0.05, 0.1) is 5.52 Å². The number of fused-ring (bicyclic) bond motifs is 1. The molecule has 0 atom stereocenters. The first-order valence-electron chi connectivity index (χ1n) is 3.77. The average molecular weight is 174 g/mol. The third-order valence-electron chi connectivity index (χ3n) is 1.88. The molecule has 0 spiro atoms. The van der Waals surface area contributed by atoms with Crippen LogP contribution in [0, 0.1) is 4.91 Å². The second-order valence-electron chi connectivity index (χ2n) is 2.62. The molecule has 2 rings (SSSR count). The molecule has 0 saturated carbocycles. The highest BCUT2D eigenvalue weighted by Crippen LogP contribution is 2.14. The molecule has 0 fully saturated rings. The first-order valence-corrected chi connectivity index (χ1v) is 3.77. The molecule has 0 unspecified atom stereocenters. The minimum atomic E-state index is -0.791. The lowest BCUT2D eigenvalue weighted by molar-refractivity contribution is 0.251. The maximum atomic E-state index is 11.0. The Hall–Kier alpha value is -1.97. The van der Waals surface area contributed by atoms with Gasteiger partial charge in [-0.2, -0.15) is 0 Å². The predicted molar refractivity (Wildman–Crippen MR) is 48.5 cm³/mol. The van der Waals surface area contributed by atoms with Gasteiger partial charge in [0.15, 0.2) is 0 Å². The molecule has 0 aliphatic heterocycles. The topological polar surface area (TPSA) is 51.4 Å². The summed E-state index contributed by atoms with van der Waals surface area (Å²) in [4.78, 5) is 21.0. The average Bonchev–Trinajstić information content (AvgIpc) is 2.60. The van der Waals surface area contributed by atoms with Crippen molar-refractivity contribution in [2.75, 3.05) is 0 Å². The Bertz CT molecular complexity index is 473. The van der Waals surface area contributed by atoms with E-state index in [2.05, 4.69) is 5.18 Å². The summed E-state index contributed by atoms with van der Waals surface area (Å²) in [6, 6.07) is 8.27. The Kier molecular flexibility index (Phi) is 1.66. The fourth-order valence-corrected chi connectivity index (χ4v) is 1.29. The molecule has 1 heterocycles. The highest BCUT2D eigenvalue weighted by Gasteiger charge is 2.06. The van der Waals surface area contributed by atoms with Crippen molar-refractivity contribution in [1.29, 1.82) is 0 Å². The van der Waals surface area contributed by atoms with Gasteiger partial charge in [0.1, 0.15) is 0 Å². The third kappa shape index (κ3) is 1.12. The summed E-state index contributed by atoms with van der Waals surface area (Å²) in [5.41, 5.74) is 0.701. The van der Waals surface area contributed by atoms with Crippen molar-refractivity contribution in [3.8, 4) is 0 Å². The standard InChI is InChI=1S/C9H6N2O2/c12-9(10-13)11-6-5-7-3-1-2-4-8(7)11/h1-6H. The minimum absolute atomic E-state index is 0.701. The number of nitrogens with zero attached hydrogens (tertiary/aromatic N) is 2. The molecule has 0 saturated heterocycles. The highest BCUT2D eigenvalue weighted by molar-refractivity contribution is 5.91. The maximum Gasteiger partial charge on any atom is 0.389 e. The Morgan fingerprint density at radius 2 is 2.00 bits per heavy atom. The molecule has 2 aromatic rings. The molecule has 1 amide bonds. The van der Waals surface area contributed by atoms with Gasteiger partial charge in [-0.1, -0.05) is 18.2 Å². The molecule has 64 valence electrons. The quantitative estimate of drug-likeness (QED) is 0.575. The van der Waals surface area contributed by atoms with E-state index in [0.717, 1.165) is 5.39 Å². The van der Waals surface area contributed by atoms with Gasteiger partial charge < -0.3 is 0 Å². The van der Waals surface area contributed by atoms with Crippen LogP contribution in [0.3, 0.4) is 0 Å². The molecule has 4 nitrogen and oxygen atoms in total. The van der Waals surface area contributed by atoms with E-state index < -0.39 is 6.03 Å². The highest BCUT2D eigenvalue weighted by atomic mass is 16.3. The SMILES string of the molecule is O=NC(=O)n1ccc2ccccc21. The molecule has 1 aromatic carbocycles. The lowest BCUT2D eigenvalue weighted by atomic mass is 10.2. The Morgan fingerprint density at radius 3 is 2.77 bits per heavy atom. The number of hydrogen-bond donors (Lipinski definition) is 0. The monoisotopic (exact) mass is 174 g/mol. The third-order valence-corrected chi connectivity index (χ3v) is 1.88. The van der Waals surface area contributed by atoms with E-state index in [4.69, 9.17) is 0 Å². The number of hydrogen-bond acceptors (Lipinski definition) is 2. The van der Waals surface area contributed by atoms with Crippen LogP contribution in [0.25, 0.3) is 10.9 Å². The van der Waals surface area contributed by atoms with Crippen LogP contribution in [-0.4, -0.2) is 10.6 Å². The number of rotatable bonds is 0. The Balaban J connectivity index is 2.71. The van der Waals surface area contributed by atoms with Gasteiger partial charge in [-0.25, -0.2) is 4.79 Å². The van der Waals surface area contributed by atoms with Crippen molar-refractivity contribution in [1.82, 2.24) is 4.57 Å². The van der Waals surface area contributed by atoms with Crippen LogP contribution in [0.15, 0.2) is 41.7 Å². The van der Waals surface area contributed by atoms with Gasteiger partial charge in [-0.3, -0.25) is 4.57 Å². The molecule has 1 aromatic heterocycles. The number of amides is 1. The van der Waals surface area contributed by atoms with Crippen LogP contribution in [-0.2, 0) is 0 Å². The summed E-state index contributed by atoms with van der Waals surface area (Å²) >= 11 is 0. The zero-order valence-electron chi connectivity index (χ0n) is 6.68. The first-order chi connectivity index (χ1) is 6.33. The minimum Gasteiger partial charge on any atom is -0.265 e. The van der Waals surface area contributed by atoms with E-state index in [1.807, 2.05) is 12.1 Å². The van der Waals surface area contributed by atoms with Crippen LogP contribution in [0.5, 0.6) is 0 Å². The summed E-state index contributed by atoms with van der Waals surface area (Å²) in [7, 11) is 0. The smallest absolute Gasteiger partial charge is 0.265 e. The van der Waals surface area contributed by atoms with E-state index in [0.29, 0.717) is 5.52 Å². The Labute approximate surface area is 73.8 Å². The van der Waals surface area contributed by atoms with Crippen LogP contribution in [0.2, 0.25) is 0 Å². The Morgan fingerprint density at radius 1 is 1.23 bits per heavy atom. The second kappa shape index (κ2) is 2.82.